The number of rotatable bonds is 4. The van der Waals surface area contributed by atoms with Crippen LogP contribution in [0.25, 0.3) is 0 Å². The Kier molecular flexibility index (Phi) is 4.81. The number of amides is 1. The quantitative estimate of drug-likeness (QED) is 0.917. The first-order chi connectivity index (χ1) is 9.54. The molecule has 1 aromatic rings. The maximum absolute atomic E-state index is 12.6. The van der Waals surface area contributed by atoms with Crippen LogP contribution in [0.3, 0.4) is 0 Å². The average molecular weight is 274 g/mol. The summed E-state index contributed by atoms with van der Waals surface area (Å²) in [5.74, 6) is 1.07. The van der Waals surface area contributed by atoms with E-state index in [1.165, 1.54) is 12.0 Å². The monoisotopic (exact) mass is 274 g/mol. The fourth-order valence-corrected chi connectivity index (χ4v) is 3.17. The zero-order chi connectivity index (χ0) is 14.7. The molecular formula is C17H26N2O. The first-order valence-corrected chi connectivity index (χ1v) is 7.61. The maximum Gasteiger partial charge on any atom is 0.253 e. The summed E-state index contributed by atoms with van der Waals surface area (Å²) in [6, 6.07) is 8.31. The molecule has 20 heavy (non-hydrogen) atoms. The van der Waals surface area contributed by atoms with Gasteiger partial charge in [-0.05, 0) is 48.9 Å². The minimum Gasteiger partial charge on any atom is -0.338 e. The van der Waals surface area contributed by atoms with Crippen molar-refractivity contribution >= 4 is 5.91 Å². The molecule has 0 saturated heterocycles. The lowest BCUT2D eigenvalue weighted by Gasteiger charge is -2.29. The molecule has 1 amide bonds. The van der Waals surface area contributed by atoms with Crippen molar-refractivity contribution in [2.24, 2.45) is 11.7 Å². The topological polar surface area (TPSA) is 46.3 Å². The molecule has 2 unspecified atom stereocenters. The Labute approximate surface area is 122 Å². The van der Waals surface area contributed by atoms with Gasteiger partial charge in [0, 0.05) is 18.7 Å². The molecule has 0 radical (unpaired) electrons. The van der Waals surface area contributed by atoms with E-state index in [4.69, 9.17) is 5.73 Å². The molecule has 2 atom stereocenters. The van der Waals surface area contributed by atoms with Gasteiger partial charge in [-0.1, -0.05) is 32.4 Å². The highest BCUT2D eigenvalue weighted by molar-refractivity contribution is 5.94. The maximum atomic E-state index is 12.6. The van der Waals surface area contributed by atoms with E-state index in [1.807, 2.05) is 24.1 Å². The predicted octanol–water partition coefficient (Wildman–Crippen LogP) is 3.01. The molecule has 110 valence electrons. The van der Waals surface area contributed by atoms with Crippen molar-refractivity contribution in [2.75, 3.05) is 13.6 Å². The Balaban J connectivity index is 2.10. The molecule has 2 N–H and O–H groups in total. The van der Waals surface area contributed by atoms with Crippen LogP contribution in [-0.4, -0.2) is 30.4 Å². The number of carbonyl (C=O) groups is 1. The Morgan fingerprint density at radius 3 is 2.50 bits per heavy atom. The lowest BCUT2D eigenvalue weighted by Crippen LogP contribution is -2.41. The zero-order valence-corrected chi connectivity index (χ0v) is 12.8. The van der Waals surface area contributed by atoms with Gasteiger partial charge < -0.3 is 10.6 Å². The summed E-state index contributed by atoms with van der Waals surface area (Å²) in [6.07, 6.45) is 3.40. The summed E-state index contributed by atoms with van der Waals surface area (Å²) in [7, 11) is 1.91. The van der Waals surface area contributed by atoms with E-state index in [2.05, 4.69) is 26.0 Å². The number of nitrogens with two attached hydrogens (primary N) is 1. The highest BCUT2D eigenvalue weighted by Gasteiger charge is 2.31. The Hall–Kier alpha value is -1.35. The molecule has 3 nitrogen and oxygen atoms in total. The fourth-order valence-electron chi connectivity index (χ4n) is 3.17. The third-order valence-electron chi connectivity index (χ3n) is 4.56. The van der Waals surface area contributed by atoms with Gasteiger partial charge in [0.05, 0.1) is 0 Å². The van der Waals surface area contributed by atoms with Crippen LogP contribution in [0.4, 0.5) is 0 Å². The van der Waals surface area contributed by atoms with E-state index in [0.29, 0.717) is 24.4 Å². The number of carbonyl (C=O) groups excluding carboxylic acids is 1. The minimum atomic E-state index is 0.116. The second-order valence-corrected chi connectivity index (χ2v) is 6.19. The SMILES string of the molecule is CC(C)c1ccc(C(=O)N(C)C2CCCC2CN)cc1. The molecule has 3 heteroatoms. The summed E-state index contributed by atoms with van der Waals surface area (Å²) in [5, 5.41) is 0. The molecular weight excluding hydrogens is 248 g/mol. The normalized spacial score (nSPS) is 22.2. The van der Waals surface area contributed by atoms with Gasteiger partial charge in [0.2, 0.25) is 0 Å². The van der Waals surface area contributed by atoms with Crippen LogP contribution in [0, 0.1) is 5.92 Å². The van der Waals surface area contributed by atoms with Crippen molar-refractivity contribution in [1.29, 1.82) is 0 Å². The van der Waals surface area contributed by atoms with Crippen LogP contribution in [0.15, 0.2) is 24.3 Å². The van der Waals surface area contributed by atoms with Crippen molar-refractivity contribution in [1.82, 2.24) is 4.90 Å². The van der Waals surface area contributed by atoms with Crippen molar-refractivity contribution in [3.63, 3.8) is 0 Å². The lowest BCUT2D eigenvalue weighted by atomic mass is 10.00. The molecule has 0 bridgehead atoms. The molecule has 0 aromatic heterocycles. The summed E-state index contributed by atoms with van der Waals surface area (Å²) >= 11 is 0. The van der Waals surface area contributed by atoms with Crippen LogP contribution >= 0.6 is 0 Å². The van der Waals surface area contributed by atoms with Crippen molar-refractivity contribution in [3.05, 3.63) is 35.4 Å². The molecule has 1 aliphatic rings. The largest absolute Gasteiger partial charge is 0.338 e. The van der Waals surface area contributed by atoms with Gasteiger partial charge in [-0.15, -0.1) is 0 Å². The standard InChI is InChI=1S/C17H26N2O/c1-12(2)13-7-9-14(10-8-13)17(20)19(3)16-6-4-5-15(16)11-18/h7-10,12,15-16H,4-6,11,18H2,1-3H3. The highest BCUT2D eigenvalue weighted by Crippen LogP contribution is 2.29. The summed E-state index contributed by atoms with van der Waals surface area (Å²) in [4.78, 5) is 14.5. The zero-order valence-electron chi connectivity index (χ0n) is 12.8. The molecule has 1 aliphatic carbocycles. The van der Waals surface area contributed by atoms with E-state index in [-0.39, 0.29) is 5.91 Å². The third-order valence-corrected chi connectivity index (χ3v) is 4.56. The number of hydrogen-bond donors (Lipinski definition) is 1. The third kappa shape index (κ3) is 3.04. The van der Waals surface area contributed by atoms with Crippen LogP contribution in [0.5, 0.6) is 0 Å². The van der Waals surface area contributed by atoms with Gasteiger partial charge in [-0.25, -0.2) is 0 Å². The van der Waals surface area contributed by atoms with Gasteiger partial charge in [-0.2, -0.15) is 0 Å². The molecule has 0 spiro atoms. The van der Waals surface area contributed by atoms with Gasteiger partial charge in [0.1, 0.15) is 0 Å². The summed E-state index contributed by atoms with van der Waals surface area (Å²) in [6.45, 7) is 5.00. The van der Waals surface area contributed by atoms with Crippen LogP contribution in [0.2, 0.25) is 0 Å². The second-order valence-electron chi connectivity index (χ2n) is 6.19. The Bertz CT molecular complexity index is 453. The summed E-state index contributed by atoms with van der Waals surface area (Å²) in [5.41, 5.74) is 7.86. The first kappa shape index (κ1) is 15.0. The lowest BCUT2D eigenvalue weighted by molar-refractivity contribution is 0.0700. The van der Waals surface area contributed by atoms with Gasteiger partial charge >= 0.3 is 0 Å². The average Bonchev–Trinajstić information content (AvgIpc) is 2.94. The van der Waals surface area contributed by atoms with Crippen molar-refractivity contribution < 1.29 is 4.79 Å². The fraction of sp³-hybridized carbons (Fsp3) is 0.588. The highest BCUT2D eigenvalue weighted by atomic mass is 16.2. The van der Waals surface area contributed by atoms with E-state index in [9.17, 15) is 4.79 Å². The van der Waals surface area contributed by atoms with Crippen molar-refractivity contribution in [3.8, 4) is 0 Å². The number of benzene rings is 1. The summed E-state index contributed by atoms with van der Waals surface area (Å²) < 4.78 is 0. The minimum absolute atomic E-state index is 0.116. The van der Waals surface area contributed by atoms with Crippen molar-refractivity contribution in [2.45, 2.75) is 45.1 Å². The number of nitrogens with zero attached hydrogens (tertiary/aromatic N) is 1. The predicted molar refractivity (Wildman–Crippen MR) is 82.8 cm³/mol. The molecule has 1 aromatic carbocycles. The van der Waals surface area contributed by atoms with Gasteiger partial charge in [-0.3, -0.25) is 4.79 Å². The molecule has 0 heterocycles. The first-order valence-electron chi connectivity index (χ1n) is 7.61. The molecule has 0 aliphatic heterocycles. The molecule has 1 saturated carbocycles. The van der Waals surface area contributed by atoms with Crippen LogP contribution in [-0.2, 0) is 0 Å². The van der Waals surface area contributed by atoms with Crippen LogP contribution in [0.1, 0.15) is 54.9 Å². The Morgan fingerprint density at radius 2 is 1.95 bits per heavy atom. The number of hydrogen-bond acceptors (Lipinski definition) is 2. The second kappa shape index (κ2) is 6.40. The van der Waals surface area contributed by atoms with E-state index >= 15 is 0 Å². The van der Waals surface area contributed by atoms with E-state index < -0.39 is 0 Å². The van der Waals surface area contributed by atoms with E-state index in [1.54, 1.807) is 0 Å². The van der Waals surface area contributed by atoms with E-state index in [0.717, 1.165) is 18.4 Å². The molecule has 2 rings (SSSR count). The van der Waals surface area contributed by atoms with Gasteiger partial charge in [0.25, 0.3) is 5.91 Å². The molecule has 1 fully saturated rings. The Morgan fingerprint density at radius 1 is 1.30 bits per heavy atom. The van der Waals surface area contributed by atoms with Crippen LogP contribution < -0.4 is 5.73 Å². The smallest absolute Gasteiger partial charge is 0.253 e. The van der Waals surface area contributed by atoms with Gasteiger partial charge in [0.15, 0.2) is 0 Å².